The van der Waals surface area contributed by atoms with Gasteiger partial charge in [0.15, 0.2) is 11.5 Å². The molecular weight excluding hydrogens is 253 g/mol. The van der Waals surface area contributed by atoms with Crippen LogP contribution in [0.15, 0.2) is 10.5 Å². The SMILES string of the molecule is CC(C#N)c1cc(Br)c(O)c(F)c1O. The van der Waals surface area contributed by atoms with Crippen LogP contribution in [0, 0.1) is 17.1 Å². The van der Waals surface area contributed by atoms with Crippen LogP contribution in [-0.4, -0.2) is 10.2 Å². The molecular formula is C9H7BrFNO2. The maximum Gasteiger partial charge on any atom is 0.207 e. The Morgan fingerprint density at radius 2 is 2.07 bits per heavy atom. The zero-order valence-electron chi connectivity index (χ0n) is 7.25. The Balaban J connectivity index is 3.42. The Morgan fingerprint density at radius 3 is 2.57 bits per heavy atom. The molecule has 0 aromatic heterocycles. The van der Waals surface area contributed by atoms with E-state index in [1.165, 1.54) is 13.0 Å². The van der Waals surface area contributed by atoms with Gasteiger partial charge in [-0.05, 0) is 28.9 Å². The highest BCUT2D eigenvalue weighted by Gasteiger charge is 2.19. The number of phenolic OH excluding ortho intramolecular Hbond substituents is 2. The van der Waals surface area contributed by atoms with Gasteiger partial charge < -0.3 is 10.2 Å². The number of halogens is 2. The van der Waals surface area contributed by atoms with E-state index in [0.29, 0.717) is 0 Å². The molecule has 1 rings (SSSR count). The van der Waals surface area contributed by atoms with Crippen LogP contribution in [0.2, 0.25) is 0 Å². The summed E-state index contributed by atoms with van der Waals surface area (Å²) in [5.74, 6) is -3.09. The molecule has 5 heteroatoms. The van der Waals surface area contributed by atoms with E-state index in [1.807, 2.05) is 6.07 Å². The highest BCUT2D eigenvalue weighted by Crippen LogP contribution is 2.38. The molecule has 74 valence electrons. The Labute approximate surface area is 88.5 Å². The number of hydrogen-bond acceptors (Lipinski definition) is 3. The molecule has 0 aliphatic carbocycles. The second kappa shape index (κ2) is 3.84. The topological polar surface area (TPSA) is 64.2 Å². The van der Waals surface area contributed by atoms with E-state index in [0.717, 1.165) is 0 Å². The fourth-order valence-corrected chi connectivity index (χ4v) is 1.44. The summed E-state index contributed by atoms with van der Waals surface area (Å²) in [6.45, 7) is 1.53. The molecule has 0 saturated heterocycles. The van der Waals surface area contributed by atoms with Crippen LogP contribution in [0.25, 0.3) is 0 Å². The Bertz CT molecular complexity index is 414. The average Bonchev–Trinajstić information content (AvgIpc) is 2.19. The normalized spacial score (nSPS) is 12.1. The van der Waals surface area contributed by atoms with Gasteiger partial charge in [0.25, 0.3) is 0 Å². The average molecular weight is 260 g/mol. The maximum absolute atomic E-state index is 13.1. The van der Waals surface area contributed by atoms with E-state index in [9.17, 15) is 9.50 Å². The molecule has 0 fully saturated rings. The van der Waals surface area contributed by atoms with E-state index in [-0.39, 0.29) is 10.0 Å². The fraction of sp³-hybridized carbons (Fsp3) is 0.222. The predicted octanol–water partition coefficient (Wildman–Crippen LogP) is 2.63. The van der Waals surface area contributed by atoms with Crippen molar-refractivity contribution in [3.05, 3.63) is 21.9 Å². The summed E-state index contributed by atoms with van der Waals surface area (Å²) in [5, 5.41) is 27.0. The van der Waals surface area contributed by atoms with E-state index < -0.39 is 23.2 Å². The third-order valence-corrected chi connectivity index (χ3v) is 2.46. The van der Waals surface area contributed by atoms with Crippen molar-refractivity contribution >= 4 is 15.9 Å². The van der Waals surface area contributed by atoms with Gasteiger partial charge in [-0.25, -0.2) is 0 Å². The Kier molecular flexibility index (Phi) is 2.96. The number of hydrogen-bond donors (Lipinski definition) is 2. The zero-order valence-corrected chi connectivity index (χ0v) is 8.84. The van der Waals surface area contributed by atoms with Crippen LogP contribution < -0.4 is 0 Å². The molecule has 1 unspecified atom stereocenters. The third-order valence-electron chi connectivity index (χ3n) is 1.86. The number of benzene rings is 1. The molecule has 3 nitrogen and oxygen atoms in total. The lowest BCUT2D eigenvalue weighted by atomic mass is 10.0. The van der Waals surface area contributed by atoms with E-state index in [4.69, 9.17) is 10.4 Å². The summed E-state index contributed by atoms with van der Waals surface area (Å²) in [7, 11) is 0. The lowest BCUT2D eigenvalue weighted by molar-refractivity contribution is 0.382. The molecule has 0 saturated carbocycles. The van der Waals surface area contributed by atoms with Crippen molar-refractivity contribution in [2.75, 3.05) is 0 Å². The first-order valence-corrected chi connectivity index (χ1v) is 4.57. The van der Waals surface area contributed by atoms with Crippen molar-refractivity contribution < 1.29 is 14.6 Å². The second-order valence-electron chi connectivity index (χ2n) is 2.81. The van der Waals surface area contributed by atoms with Crippen LogP contribution in [-0.2, 0) is 0 Å². The summed E-state index contributed by atoms with van der Waals surface area (Å²) in [4.78, 5) is 0. The van der Waals surface area contributed by atoms with Gasteiger partial charge in [-0.2, -0.15) is 9.65 Å². The standard InChI is InChI=1S/C9H7BrFNO2/c1-4(3-12)5-2-6(10)9(14)7(11)8(5)13/h2,4,13-14H,1H3. The van der Waals surface area contributed by atoms with Gasteiger partial charge in [0, 0.05) is 5.56 Å². The lowest BCUT2D eigenvalue weighted by Gasteiger charge is -2.09. The number of nitrogens with zero attached hydrogens (tertiary/aromatic N) is 1. The van der Waals surface area contributed by atoms with Crippen molar-refractivity contribution in [2.45, 2.75) is 12.8 Å². The number of rotatable bonds is 1. The lowest BCUT2D eigenvalue weighted by Crippen LogP contribution is -1.93. The van der Waals surface area contributed by atoms with Crippen LogP contribution in [0.3, 0.4) is 0 Å². The minimum atomic E-state index is -1.11. The van der Waals surface area contributed by atoms with Gasteiger partial charge in [0.05, 0.1) is 16.5 Å². The van der Waals surface area contributed by atoms with Gasteiger partial charge >= 0.3 is 0 Å². The van der Waals surface area contributed by atoms with Gasteiger partial charge in [-0.15, -0.1) is 0 Å². The molecule has 0 amide bonds. The van der Waals surface area contributed by atoms with Crippen molar-refractivity contribution in [3.8, 4) is 17.6 Å². The van der Waals surface area contributed by atoms with E-state index in [2.05, 4.69) is 15.9 Å². The molecule has 0 radical (unpaired) electrons. The number of aromatic hydroxyl groups is 2. The summed E-state index contributed by atoms with van der Waals surface area (Å²) in [6.07, 6.45) is 0. The molecule has 0 spiro atoms. The molecule has 1 aromatic carbocycles. The largest absolute Gasteiger partial charge is 0.504 e. The monoisotopic (exact) mass is 259 g/mol. The molecule has 0 heterocycles. The summed E-state index contributed by atoms with van der Waals surface area (Å²) in [5.41, 5.74) is 0.148. The van der Waals surface area contributed by atoms with Gasteiger partial charge in [-0.3, -0.25) is 0 Å². The molecule has 14 heavy (non-hydrogen) atoms. The van der Waals surface area contributed by atoms with Crippen molar-refractivity contribution in [2.24, 2.45) is 0 Å². The van der Waals surface area contributed by atoms with Gasteiger partial charge in [0.2, 0.25) is 5.82 Å². The smallest absolute Gasteiger partial charge is 0.207 e. The van der Waals surface area contributed by atoms with Crippen LogP contribution >= 0.6 is 15.9 Å². The Morgan fingerprint density at radius 1 is 1.50 bits per heavy atom. The number of nitriles is 1. The van der Waals surface area contributed by atoms with Gasteiger partial charge in [0.1, 0.15) is 0 Å². The van der Waals surface area contributed by atoms with E-state index >= 15 is 0 Å². The zero-order chi connectivity index (χ0) is 10.9. The molecule has 1 aromatic rings. The molecule has 1 atom stereocenters. The first-order valence-electron chi connectivity index (χ1n) is 3.78. The Hall–Kier alpha value is -1.28. The minimum Gasteiger partial charge on any atom is -0.504 e. The highest BCUT2D eigenvalue weighted by atomic mass is 79.9. The minimum absolute atomic E-state index is 0.116. The molecule has 0 aliphatic rings. The quantitative estimate of drug-likeness (QED) is 0.815. The van der Waals surface area contributed by atoms with Gasteiger partial charge in [-0.1, -0.05) is 0 Å². The summed E-state index contributed by atoms with van der Waals surface area (Å²) in [6, 6.07) is 3.19. The summed E-state index contributed by atoms with van der Waals surface area (Å²) >= 11 is 2.92. The van der Waals surface area contributed by atoms with E-state index in [1.54, 1.807) is 0 Å². The third kappa shape index (κ3) is 1.66. The van der Waals surface area contributed by atoms with Crippen LogP contribution in [0.5, 0.6) is 11.5 Å². The van der Waals surface area contributed by atoms with Crippen molar-refractivity contribution in [3.63, 3.8) is 0 Å². The van der Waals surface area contributed by atoms with Crippen LogP contribution in [0.4, 0.5) is 4.39 Å². The molecule has 0 bridgehead atoms. The summed E-state index contributed by atoms with van der Waals surface area (Å²) < 4.78 is 13.2. The van der Waals surface area contributed by atoms with Crippen molar-refractivity contribution in [1.82, 2.24) is 0 Å². The number of phenols is 2. The highest BCUT2D eigenvalue weighted by molar-refractivity contribution is 9.10. The van der Waals surface area contributed by atoms with Crippen LogP contribution in [0.1, 0.15) is 18.4 Å². The maximum atomic E-state index is 13.1. The first kappa shape index (κ1) is 10.8. The molecule has 2 N–H and O–H groups in total. The van der Waals surface area contributed by atoms with Crippen molar-refractivity contribution in [1.29, 1.82) is 5.26 Å². The first-order chi connectivity index (χ1) is 6.49. The predicted molar refractivity (Wildman–Crippen MR) is 51.5 cm³/mol. The molecule has 0 aliphatic heterocycles. The second-order valence-corrected chi connectivity index (χ2v) is 3.66. The fourth-order valence-electron chi connectivity index (χ4n) is 1.02.